The van der Waals surface area contributed by atoms with Gasteiger partial charge in [0.25, 0.3) is 11.7 Å². The van der Waals surface area contributed by atoms with E-state index in [0.29, 0.717) is 18.4 Å². The number of aryl methyl sites for hydroxylation is 1. The molecule has 0 unspecified atom stereocenters. The number of anilines is 1. The summed E-state index contributed by atoms with van der Waals surface area (Å²) in [5, 5.41) is 3.61. The number of rotatable bonds is 5. The predicted octanol–water partition coefficient (Wildman–Crippen LogP) is 1.25. The zero-order chi connectivity index (χ0) is 18.8. The number of carbonyl (C=O) groups excluding carboxylic acids is 1. The normalized spacial score (nSPS) is 20.9. The maximum Gasteiger partial charge on any atom is 0.290 e. The van der Waals surface area contributed by atoms with Crippen LogP contribution in [0.15, 0.2) is 10.6 Å². The summed E-state index contributed by atoms with van der Waals surface area (Å²) in [6.45, 7) is 6.45. The predicted molar refractivity (Wildman–Crippen MR) is 98.3 cm³/mol. The third-order valence-corrected chi connectivity index (χ3v) is 5.25. The summed E-state index contributed by atoms with van der Waals surface area (Å²) in [6.07, 6.45) is 4.63. The number of hydrogen-bond donors (Lipinski definition) is 1. The Labute approximate surface area is 158 Å². The minimum atomic E-state index is -0.674. The van der Waals surface area contributed by atoms with Crippen molar-refractivity contribution in [1.29, 1.82) is 0 Å². The highest BCUT2D eigenvalue weighted by Crippen LogP contribution is 2.29. The molecule has 2 saturated heterocycles. The van der Waals surface area contributed by atoms with E-state index in [1.54, 1.807) is 0 Å². The number of carbonyl (C=O) groups is 1. The van der Waals surface area contributed by atoms with Crippen LogP contribution in [0.4, 0.5) is 5.82 Å². The standard InChI is InChI=1S/C18H25N7O2/c1-12-20-14(9-15(21-12)25-7-2-3-8-25)13-5-4-6-24(10-13)11-16-22-18(17(19)26)23-27-16/h9,13H,2-8,10-11H2,1H3,(H2,19,26)/t13-/m0/s1. The van der Waals surface area contributed by atoms with Gasteiger partial charge in [-0.3, -0.25) is 9.69 Å². The van der Waals surface area contributed by atoms with Crippen molar-refractivity contribution in [2.24, 2.45) is 5.73 Å². The van der Waals surface area contributed by atoms with Crippen LogP contribution in [0.5, 0.6) is 0 Å². The summed E-state index contributed by atoms with van der Waals surface area (Å²) < 4.78 is 5.14. The van der Waals surface area contributed by atoms with Crippen molar-refractivity contribution in [3.05, 3.63) is 29.3 Å². The Morgan fingerprint density at radius 2 is 2.04 bits per heavy atom. The van der Waals surface area contributed by atoms with Crippen LogP contribution in [-0.2, 0) is 6.54 Å². The summed E-state index contributed by atoms with van der Waals surface area (Å²) in [4.78, 5) is 29.2. The van der Waals surface area contributed by atoms with E-state index in [0.717, 1.165) is 56.4 Å². The molecule has 0 radical (unpaired) electrons. The average Bonchev–Trinajstić information content (AvgIpc) is 3.33. The molecule has 2 N–H and O–H groups in total. The molecule has 4 rings (SSSR count). The van der Waals surface area contributed by atoms with Gasteiger partial charge in [0.05, 0.1) is 12.2 Å². The van der Waals surface area contributed by atoms with Crippen molar-refractivity contribution < 1.29 is 9.32 Å². The van der Waals surface area contributed by atoms with Crippen molar-refractivity contribution in [3.8, 4) is 0 Å². The molecule has 2 fully saturated rings. The molecule has 0 bridgehead atoms. The first-order chi connectivity index (χ1) is 13.1. The number of nitrogens with two attached hydrogens (primary N) is 1. The van der Waals surface area contributed by atoms with E-state index in [2.05, 4.69) is 31.0 Å². The number of likely N-dealkylation sites (tertiary alicyclic amines) is 1. The van der Waals surface area contributed by atoms with Crippen LogP contribution >= 0.6 is 0 Å². The molecule has 0 spiro atoms. The monoisotopic (exact) mass is 371 g/mol. The van der Waals surface area contributed by atoms with Gasteiger partial charge in [-0.25, -0.2) is 9.97 Å². The van der Waals surface area contributed by atoms with E-state index in [1.807, 2.05) is 6.92 Å². The molecular weight excluding hydrogens is 346 g/mol. The fourth-order valence-corrected chi connectivity index (χ4v) is 3.94. The summed E-state index contributed by atoms with van der Waals surface area (Å²) >= 11 is 0. The second-order valence-corrected chi connectivity index (χ2v) is 7.34. The Kier molecular flexibility index (Phi) is 5.02. The maximum atomic E-state index is 11.1. The van der Waals surface area contributed by atoms with Gasteiger partial charge in [0, 0.05) is 31.6 Å². The third-order valence-electron chi connectivity index (χ3n) is 5.25. The lowest BCUT2D eigenvalue weighted by Gasteiger charge is -2.31. The molecule has 9 nitrogen and oxygen atoms in total. The van der Waals surface area contributed by atoms with Crippen LogP contribution in [0.1, 0.15) is 59.6 Å². The highest BCUT2D eigenvalue weighted by atomic mass is 16.5. The lowest BCUT2D eigenvalue weighted by Crippen LogP contribution is -2.34. The Bertz CT molecular complexity index is 816. The van der Waals surface area contributed by atoms with Crippen molar-refractivity contribution in [1.82, 2.24) is 25.0 Å². The first-order valence-electron chi connectivity index (χ1n) is 9.54. The van der Waals surface area contributed by atoms with Gasteiger partial charge in [0.15, 0.2) is 0 Å². The van der Waals surface area contributed by atoms with Gasteiger partial charge in [0.1, 0.15) is 11.6 Å². The SMILES string of the molecule is Cc1nc([C@H]2CCCN(Cc3nc(C(N)=O)no3)C2)cc(N2CCCC2)n1. The van der Waals surface area contributed by atoms with Crippen LogP contribution in [0.3, 0.4) is 0 Å². The molecule has 4 heterocycles. The molecule has 144 valence electrons. The van der Waals surface area contributed by atoms with E-state index >= 15 is 0 Å². The molecule has 1 amide bonds. The van der Waals surface area contributed by atoms with Gasteiger partial charge in [-0.05, 0) is 39.2 Å². The first kappa shape index (κ1) is 17.8. The Balaban J connectivity index is 1.46. The highest BCUT2D eigenvalue weighted by molar-refractivity contribution is 5.88. The lowest BCUT2D eigenvalue weighted by atomic mass is 9.94. The second-order valence-electron chi connectivity index (χ2n) is 7.34. The van der Waals surface area contributed by atoms with Crippen LogP contribution in [0.25, 0.3) is 0 Å². The molecule has 2 aromatic rings. The highest BCUT2D eigenvalue weighted by Gasteiger charge is 2.26. The minimum absolute atomic E-state index is 0.0692. The topological polar surface area (TPSA) is 114 Å². The summed E-state index contributed by atoms with van der Waals surface area (Å²) in [5.41, 5.74) is 6.29. The Morgan fingerprint density at radius 1 is 1.22 bits per heavy atom. The van der Waals surface area contributed by atoms with Gasteiger partial charge in [-0.2, -0.15) is 4.98 Å². The van der Waals surface area contributed by atoms with Gasteiger partial charge in [-0.1, -0.05) is 5.16 Å². The average molecular weight is 371 g/mol. The minimum Gasteiger partial charge on any atom is -0.363 e. The van der Waals surface area contributed by atoms with E-state index in [1.165, 1.54) is 12.8 Å². The van der Waals surface area contributed by atoms with Crippen molar-refractivity contribution in [2.45, 2.75) is 45.1 Å². The van der Waals surface area contributed by atoms with E-state index in [-0.39, 0.29) is 5.82 Å². The van der Waals surface area contributed by atoms with Crippen LogP contribution in [0.2, 0.25) is 0 Å². The largest absolute Gasteiger partial charge is 0.363 e. The Morgan fingerprint density at radius 3 is 2.78 bits per heavy atom. The lowest BCUT2D eigenvalue weighted by molar-refractivity contribution is 0.0987. The number of hydrogen-bond acceptors (Lipinski definition) is 8. The maximum absolute atomic E-state index is 11.1. The number of amides is 1. The fourth-order valence-electron chi connectivity index (χ4n) is 3.94. The summed E-state index contributed by atoms with van der Waals surface area (Å²) in [7, 11) is 0. The van der Waals surface area contributed by atoms with Crippen molar-refractivity contribution in [2.75, 3.05) is 31.1 Å². The molecule has 0 saturated carbocycles. The van der Waals surface area contributed by atoms with Gasteiger partial charge in [-0.15, -0.1) is 0 Å². The van der Waals surface area contributed by atoms with Crippen LogP contribution in [-0.4, -0.2) is 57.1 Å². The number of piperidine rings is 1. The van der Waals surface area contributed by atoms with Crippen LogP contribution in [0, 0.1) is 6.92 Å². The molecule has 2 aliphatic heterocycles. The molecule has 27 heavy (non-hydrogen) atoms. The summed E-state index contributed by atoms with van der Waals surface area (Å²) in [5.74, 6) is 1.90. The molecule has 0 aliphatic carbocycles. The molecule has 2 aliphatic rings. The fraction of sp³-hybridized carbons (Fsp3) is 0.611. The Hall–Kier alpha value is -2.55. The quantitative estimate of drug-likeness (QED) is 0.835. The molecule has 9 heteroatoms. The number of nitrogens with zero attached hydrogens (tertiary/aromatic N) is 6. The molecule has 2 aromatic heterocycles. The number of aromatic nitrogens is 4. The van der Waals surface area contributed by atoms with Crippen molar-refractivity contribution in [3.63, 3.8) is 0 Å². The van der Waals surface area contributed by atoms with Gasteiger partial charge >= 0.3 is 0 Å². The van der Waals surface area contributed by atoms with E-state index in [4.69, 9.17) is 15.2 Å². The zero-order valence-electron chi connectivity index (χ0n) is 15.6. The molecular formula is C18H25N7O2. The van der Waals surface area contributed by atoms with E-state index < -0.39 is 5.91 Å². The molecule has 1 atom stereocenters. The second kappa shape index (κ2) is 7.59. The van der Waals surface area contributed by atoms with Crippen molar-refractivity contribution >= 4 is 11.7 Å². The molecule has 0 aromatic carbocycles. The van der Waals surface area contributed by atoms with E-state index in [9.17, 15) is 4.79 Å². The number of primary amides is 1. The van der Waals surface area contributed by atoms with Crippen LogP contribution < -0.4 is 10.6 Å². The zero-order valence-corrected chi connectivity index (χ0v) is 15.6. The summed E-state index contributed by atoms with van der Waals surface area (Å²) in [6, 6.07) is 2.16. The smallest absolute Gasteiger partial charge is 0.290 e. The third kappa shape index (κ3) is 4.08. The van der Waals surface area contributed by atoms with Gasteiger partial charge in [0.2, 0.25) is 5.89 Å². The van der Waals surface area contributed by atoms with Gasteiger partial charge < -0.3 is 15.2 Å². The first-order valence-corrected chi connectivity index (χ1v) is 9.54.